The molecule has 4 heteroatoms. The molecule has 18 heavy (non-hydrogen) atoms. The zero-order chi connectivity index (χ0) is 13.8. The van der Waals surface area contributed by atoms with Crippen LogP contribution in [0.25, 0.3) is 0 Å². The van der Waals surface area contributed by atoms with E-state index in [2.05, 4.69) is 0 Å². The van der Waals surface area contributed by atoms with Crippen LogP contribution in [0.1, 0.15) is 44.5 Å². The minimum Gasteiger partial charge on any atom is -0.456 e. The standard InChI is InChI=1S/C14H18O4/c1-5-12(15)17-11-8-6-10(7-9-11)13(16)18-14(2,3)4/h6-9H,5H2,1-4H3. The Bertz CT molecular complexity index is 426. The van der Waals surface area contributed by atoms with E-state index in [1.807, 2.05) is 20.8 Å². The molecule has 98 valence electrons. The van der Waals surface area contributed by atoms with Crippen molar-refractivity contribution in [2.75, 3.05) is 0 Å². The molecule has 0 saturated carbocycles. The monoisotopic (exact) mass is 250 g/mol. The molecule has 0 aliphatic heterocycles. The summed E-state index contributed by atoms with van der Waals surface area (Å²) in [7, 11) is 0. The van der Waals surface area contributed by atoms with Gasteiger partial charge < -0.3 is 9.47 Å². The molecule has 0 radical (unpaired) electrons. The van der Waals surface area contributed by atoms with Gasteiger partial charge >= 0.3 is 11.9 Å². The van der Waals surface area contributed by atoms with E-state index in [1.54, 1.807) is 31.2 Å². The quantitative estimate of drug-likeness (QED) is 0.611. The third-order valence-electron chi connectivity index (χ3n) is 2.01. The number of rotatable bonds is 3. The molecular weight excluding hydrogens is 232 g/mol. The van der Waals surface area contributed by atoms with Crippen molar-refractivity contribution in [3.8, 4) is 5.75 Å². The Kier molecular flexibility index (Phi) is 4.48. The minimum absolute atomic E-state index is 0.306. The maximum absolute atomic E-state index is 11.7. The Morgan fingerprint density at radius 2 is 1.67 bits per heavy atom. The van der Waals surface area contributed by atoms with Gasteiger partial charge in [0.25, 0.3) is 0 Å². The maximum Gasteiger partial charge on any atom is 0.338 e. The molecule has 0 spiro atoms. The molecule has 0 bridgehead atoms. The van der Waals surface area contributed by atoms with E-state index < -0.39 is 11.6 Å². The van der Waals surface area contributed by atoms with Gasteiger partial charge in [-0.15, -0.1) is 0 Å². The highest BCUT2D eigenvalue weighted by molar-refractivity contribution is 5.89. The van der Waals surface area contributed by atoms with Gasteiger partial charge in [0.05, 0.1) is 5.56 Å². The molecule has 0 N–H and O–H groups in total. The Morgan fingerprint density at radius 1 is 1.11 bits per heavy atom. The smallest absolute Gasteiger partial charge is 0.338 e. The van der Waals surface area contributed by atoms with Crippen molar-refractivity contribution < 1.29 is 19.1 Å². The summed E-state index contributed by atoms with van der Waals surface area (Å²) in [6, 6.07) is 6.30. The van der Waals surface area contributed by atoms with Crippen LogP contribution in [0.4, 0.5) is 0 Å². The molecule has 0 aromatic heterocycles. The van der Waals surface area contributed by atoms with Crippen molar-refractivity contribution in [1.82, 2.24) is 0 Å². The first kappa shape index (κ1) is 14.2. The number of carbonyl (C=O) groups is 2. The van der Waals surface area contributed by atoms with Crippen LogP contribution in [-0.4, -0.2) is 17.5 Å². The first-order chi connectivity index (χ1) is 8.31. The predicted octanol–water partition coefficient (Wildman–Crippen LogP) is 2.96. The first-order valence-corrected chi connectivity index (χ1v) is 5.86. The molecule has 0 saturated heterocycles. The summed E-state index contributed by atoms with van der Waals surface area (Å²) in [5, 5.41) is 0. The molecular formula is C14H18O4. The second-order valence-electron chi connectivity index (χ2n) is 4.85. The Balaban J connectivity index is 2.71. The van der Waals surface area contributed by atoms with Crippen molar-refractivity contribution in [1.29, 1.82) is 0 Å². The number of esters is 2. The molecule has 0 aliphatic rings. The number of benzene rings is 1. The van der Waals surface area contributed by atoms with Crippen LogP contribution in [0.3, 0.4) is 0 Å². The second-order valence-corrected chi connectivity index (χ2v) is 4.85. The Labute approximate surface area is 107 Å². The molecule has 1 rings (SSSR count). The molecule has 0 atom stereocenters. The van der Waals surface area contributed by atoms with Crippen molar-refractivity contribution >= 4 is 11.9 Å². The number of carbonyl (C=O) groups excluding carboxylic acids is 2. The van der Waals surface area contributed by atoms with Gasteiger partial charge in [-0.05, 0) is 45.0 Å². The lowest BCUT2D eigenvalue weighted by molar-refractivity contribution is -0.134. The van der Waals surface area contributed by atoms with Gasteiger partial charge in [0.2, 0.25) is 0 Å². The summed E-state index contributed by atoms with van der Waals surface area (Å²) in [6.07, 6.45) is 0.313. The average Bonchev–Trinajstić information content (AvgIpc) is 2.27. The van der Waals surface area contributed by atoms with Crippen molar-refractivity contribution in [3.05, 3.63) is 29.8 Å². The minimum atomic E-state index is -0.523. The molecule has 0 aliphatic carbocycles. The van der Waals surface area contributed by atoms with Gasteiger partial charge in [-0.1, -0.05) is 6.92 Å². The first-order valence-electron chi connectivity index (χ1n) is 5.86. The van der Waals surface area contributed by atoms with Crippen LogP contribution < -0.4 is 4.74 Å². The van der Waals surface area contributed by atoms with Gasteiger partial charge in [-0.2, -0.15) is 0 Å². The van der Waals surface area contributed by atoms with E-state index in [9.17, 15) is 9.59 Å². The summed E-state index contributed by atoms with van der Waals surface area (Å²) >= 11 is 0. The maximum atomic E-state index is 11.7. The SMILES string of the molecule is CCC(=O)Oc1ccc(C(=O)OC(C)(C)C)cc1. The normalized spacial score (nSPS) is 10.9. The molecule has 0 heterocycles. The van der Waals surface area contributed by atoms with E-state index >= 15 is 0 Å². The Hall–Kier alpha value is -1.84. The number of hydrogen-bond donors (Lipinski definition) is 0. The van der Waals surface area contributed by atoms with Crippen LogP contribution in [0, 0.1) is 0 Å². The third-order valence-corrected chi connectivity index (χ3v) is 2.01. The summed E-state index contributed by atoms with van der Waals surface area (Å²) < 4.78 is 10.2. The molecule has 0 amide bonds. The number of ether oxygens (including phenoxy) is 2. The predicted molar refractivity (Wildman–Crippen MR) is 67.5 cm³/mol. The van der Waals surface area contributed by atoms with Gasteiger partial charge in [0.15, 0.2) is 0 Å². The van der Waals surface area contributed by atoms with Crippen LogP contribution >= 0.6 is 0 Å². The van der Waals surface area contributed by atoms with Crippen LogP contribution in [0.2, 0.25) is 0 Å². The molecule has 4 nitrogen and oxygen atoms in total. The Morgan fingerprint density at radius 3 is 2.11 bits per heavy atom. The van der Waals surface area contributed by atoms with Crippen molar-refractivity contribution in [3.63, 3.8) is 0 Å². The lowest BCUT2D eigenvalue weighted by Crippen LogP contribution is -2.23. The fourth-order valence-corrected chi connectivity index (χ4v) is 1.20. The van der Waals surface area contributed by atoms with Crippen molar-refractivity contribution in [2.24, 2.45) is 0 Å². The summed E-state index contributed by atoms with van der Waals surface area (Å²) in [5.41, 5.74) is -0.0917. The van der Waals surface area contributed by atoms with E-state index in [0.29, 0.717) is 17.7 Å². The fraction of sp³-hybridized carbons (Fsp3) is 0.429. The van der Waals surface area contributed by atoms with Crippen LogP contribution in [0.5, 0.6) is 5.75 Å². The topological polar surface area (TPSA) is 52.6 Å². The van der Waals surface area contributed by atoms with E-state index in [4.69, 9.17) is 9.47 Å². The number of hydrogen-bond acceptors (Lipinski definition) is 4. The van der Waals surface area contributed by atoms with Crippen LogP contribution in [-0.2, 0) is 9.53 Å². The van der Waals surface area contributed by atoms with E-state index in [1.165, 1.54) is 0 Å². The molecule has 0 fully saturated rings. The summed E-state index contributed by atoms with van der Waals surface area (Å²) in [5.74, 6) is -0.273. The zero-order valence-corrected chi connectivity index (χ0v) is 11.1. The van der Waals surface area contributed by atoms with Gasteiger partial charge in [-0.25, -0.2) is 4.79 Å². The summed E-state index contributed by atoms with van der Waals surface area (Å²) in [6.45, 7) is 7.14. The van der Waals surface area contributed by atoms with E-state index in [0.717, 1.165) is 0 Å². The zero-order valence-electron chi connectivity index (χ0n) is 11.1. The third kappa shape index (κ3) is 4.57. The van der Waals surface area contributed by atoms with Gasteiger partial charge in [0.1, 0.15) is 11.4 Å². The summed E-state index contributed by atoms with van der Waals surface area (Å²) in [4.78, 5) is 22.8. The van der Waals surface area contributed by atoms with E-state index in [-0.39, 0.29) is 5.97 Å². The lowest BCUT2D eigenvalue weighted by Gasteiger charge is -2.19. The highest BCUT2D eigenvalue weighted by Crippen LogP contribution is 2.16. The molecule has 1 aromatic carbocycles. The molecule has 0 unspecified atom stereocenters. The van der Waals surface area contributed by atoms with Crippen LogP contribution in [0.15, 0.2) is 24.3 Å². The van der Waals surface area contributed by atoms with Gasteiger partial charge in [0, 0.05) is 6.42 Å². The average molecular weight is 250 g/mol. The largest absolute Gasteiger partial charge is 0.456 e. The second kappa shape index (κ2) is 5.67. The fourth-order valence-electron chi connectivity index (χ4n) is 1.20. The lowest BCUT2D eigenvalue weighted by atomic mass is 10.1. The highest BCUT2D eigenvalue weighted by atomic mass is 16.6. The van der Waals surface area contributed by atoms with Gasteiger partial charge in [-0.3, -0.25) is 4.79 Å². The highest BCUT2D eigenvalue weighted by Gasteiger charge is 2.17. The molecule has 1 aromatic rings. The van der Waals surface area contributed by atoms with Crippen molar-refractivity contribution in [2.45, 2.75) is 39.7 Å².